The molecule has 1 amide bonds. The number of aromatic nitrogens is 2. The van der Waals surface area contributed by atoms with Crippen molar-refractivity contribution in [2.75, 3.05) is 11.9 Å². The van der Waals surface area contributed by atoms with E-state index in [1.165, 1.54) is 10.7 Å². The number of aryl methyl sites for hydroxylation is 1. The summed E-state index contributed by atoms with van der Waals surface area (Å²) in [7, 11) is -3.75. The molecule has 1 atom stereocenters. The second-order valence-corrected chi connectivity index (χ2v) is 9.75. The monoisotopic (exact) mass is 418 g/mol. The van der Waals surface area contributed by atoms with Crippen LogP contribution in [0.2, 0.25) is 0 Å². The second-order valence-electron chi connectivity index (χ2n) is 7.86. The largest absolute Gasteiger partial charge is 0.408 e. The molecule has 2 fully saturated rings. The summed E-state index contributed by atoms with van der Waals surface area (Å²) >= 11 is 0. The molecule has 29 heavy (non-hydrogen) atoms. The number of anilines is 1. The zero-order valence-electron chi connectivity index (χ0n) is 16.5. The van der Waals surface area contributed by atoms with Gasteiger partial charge in [0.25, 0.3) is 0 Å². The number of hydrogen-bond acceptors (Lipinski definition) is 6. The third-order valence-corrected chi connectivity index (χ3v) is 7.68. The van der Waals surface area contributed by atoms with Crippen LogP contribution in [-0.2, 0) is 14.8 Å². The number of nitrogens with zero attached hydrogens (tertiary/aromatic N) is 3. The summed E-state index contributed by atoms with van der Waals surface area (Å²) in [5, 5.41) is 10.6. The fourth-order valence-electron chi connectivity index (χ4n) is 4.12. The third-order valence-electron chi connectivity index (χ3n) is 5.76. The second kappa shape index (κ2) is 8.23. The van der Waals surface area contributed by atoms with Crippen molar-refractivity contribution < 1.29 is 17.6 Å². The Balaban J connectivity index is 1.46. The molecule has 0 radical (unpaired) electrons. The van der Waals surface area contributed by atoms with Gasteiger partial charge < -0.3 is 4.42 Å². The number of amides is 1. The number of hydrogen-bond donors (Lipinski definition) is 1. The van der Waals surface area contributed by atoms with Gasteiger partial charge in [-0.15, -0.1) is 5.10 Å². The van der Waals surface area contributed by atoms with E-state index < -0.39 is 22.0 Å². The molecule has 1 aliphatic heterocycles. The van der Waals surface area contributed by atoms with Crippen LogP contribution in [0.15, 0.2) is 33.6 Å². The van der Waals surface area contributed by atoms with E-state index in [-0.39, 0.29) is 16.8 Å². The minimum atomic E-state index is -3.75. The van der Waals surface area contributed by atoms with Gasteiger partial charge in [-0.25, -0.2) is 8.42 Å². The molecule has 1 aromatic heterocycles. The Morgan fingerprint density at radius 3 is 2.52 bits per heavy atom. The highest BCUT2D eigenvalue weighted by atomic mass is 32.2. The summed E-state index contributed by atoms with van der Waals surface area (Å²) in [6, 6.07) is 5.91. The third kappa shape index (κ3) is 4.20. The van der Waals surface area contributed by atoms with Crippen LogP contribution in [0.25, 0.3) is 0 Å². The number of rotatable bonds is 5. The SMILES string of the molecule is Cc1ccc(S(=O)(=O)N2CCC[C@H]2C(=O)Nc2nnc(C3CCCCC3)o2)cc1. The lowest BCUT2D eigenvalue weighted by atomic mass is 9.89. The molecule has 2 heterocycles. The first-order chi connectivity index (χ1) is 13.9. The van der Waals surface area contributed by atoms with Gasteiger partial charge in [0.15, 0.2) is 0 Å². The van der Waals surface area contributed by atoms with Crippen LogP contribution in [0, 0.1) is 6.92 Å². The van der Waals surface area contributed by atoms with Crippen LogP contribution in [0.3, 0.4) is 0 Å². The summed E-state index contributed by atoms with van der Waals surface area (Å²) in [4.78, 5) is 13.0. The first-order valence-electron chi connectivity index (χ1n) is 10.2. The number of benzene rings is 1. The molecule has 1 aromatic carbocycles. The highest BCUT2D eigenvalue weighted by Gasteiger charge is 2.40. The van der Waals surface area contributed by atoms with Gasteiger partial charge in [-0.2, -0.15) is 4.31 Å². The van der Waals surface area contributed by atoms with Gasteiger partial charge >= 0.3 is 6.01 Å². The summed E-state index contributed by atoms with van der Waals surface area (Å²) < 4.78 is 33.0. The molecule has 0 bridgehead atoms. The molecule has 2 aliphatic rings. The molecule has 4 rings (SSSR count). The molecule has 156 valence electrons. The smallest absolute Gasteiger partial charge is 0.322 e. The van der Waals surface area contributed by atoms with Crippen LogP contribution >= 0.6 is 0 Å². The Bertz CT molecular complexity index is 965. The van der Waals surface area contributed by atoms with E-state index in [4.69, 9.17) is 4.42 Å². The molecule has 1 saturated heterocycles. The van der Waals surface area contributed by atoms with Gasteiger partial charge in [-0.3, -0.25) is 10.1 Å². The number of carbonyl (C=O) groups is 1. The Kier molecular flexibility index (Phi) is 5.69. The Hall–Kier alpha value is -2.26. The first-order valence-corrected chi connectivity index (χ1v) is 11.6. The van der Waals surface area contributed by atoms with E-state index in [9.17, 15) is 13.2 Å². The molecule has 2 aromatic rings. The zero-order valence-corrected chi connectivity index (χ0v) is 17.3. The van der Waals surface area contributed by atoms with Crippen molar-refractivity contribution in [2.24, 2.45) is 0 Å². The average molecular weight is 419 g/mol. The molecule has 1 aliphatic carbocycles. The minimum absolute atomic E-state index is 0.0372. The Labute approximate surface area is 170 Å². The van der Waals surface area contributed by atoms with Crippen LogP contribution in [0.5, 0.6) is 0 Å². The maximum Gasteiger partial charge on any atom is 0.322 e. The Morgan fingerprint density at radius 2 is 1.79 bits per heavy atom. The van der Waals surface area contributed by atoms with Crippen LogP contribution in [0.4, 0.5) is 6.01 Å². The predicted molar refractivity (Wildman–Crippen MR) is 107 cm³/mol. The minimum Gasteiger partial charge on any atom is -0.408 e. The molecule has 9 heteroatoms. The fraction of sp³-hybridized carbons (Fsp3) is 0.550. The van der Waals surface area contributed by atoms with E-state index >= 15 is 0 Å². The van der Waals surface area contributed by atoms with E-state index in [1.54, 1.807) is 24.3 Å². The molecule has 8 nitrogen and oxygen atoms in total. The topological polar surface area (TPSA) is 105 Å². The van der Waals surface area contributed by atoms with Gasteiger partial charge in [0.05, 0.1) is 4.90 Å². The lowest BCUT2D eigenvalue weighted by Crippen LogP contribution is -2.43. The summed E-state index contributed by atoms with van der Waals surface area (Å²) in [5.41, 5.74) is 0.977. The Morgan fingerprint density at radius 1 is 1.07 bits per heavy atom. The molecular formula is C20H26N4O4S. The highest BCUT2D eigenvalue weighted by molar-refractivity contribution is 7.89. The number of nitrogens with one attached hydrogen (secondary N) is 1. The van der Waals surface area contributed by atoms with Gasteiger partial charge in [0.2, 0.25) is 21.8 Å². The van der Waals surface area contributed by atoms with E-state index in [0.717, 1.165) is 31.2 Å². The van der Waals surface area contributed by atoms with Crippen molar-refractivity contribution in [1.82, 2.24) is 14.5 Å². The normalized spacial score (nSPS) is 21.3. The highest BCUT2D eigenvalue weighted by Crippen LogP contribution is 2.32. The standard InChI is InChI=1S/C20H26N4O4S/c1-14-9-11-16(12-10-14)29(26,27)24-13-5-8-17(24)18(25)21-20-23-22-19(28-20)15-6-3-2-4-7-15/h9-12,15,17H,2-8,13H2,1H3,(H,21,23,25)/t17-/m0/s1. The van der Waals surface area contributed by atoms with Crippen LogP contribution < -0.4 is 5.32 Å². The van der Waals surface area contributed by atoms with E-state index in [0.29, 0.717) is 25.3 Å². The molecular weight excluding hydrogens is 392 g/mol. The zero-order chi connectivity index (χ0) is 20.4. The maximum absolute atomic E-state index is 13.0. The molecule has 0 spiro atoms. The molecule has 1 saturated carbocycles. The van der Waals surface area contributed by atoms with Crippen LogP contribution in [-0.4, -0.2) is 41.4 Å². The summed E-state index contributed by atoms with van der Waals surface area (Å²) in [5.74, 6) is 0.361. The summed E-state index contributed by atoms with van der Waals surface area (Å²) in [6.45, 7) is 2.21. The quantitative estimate of drug-likeness (QED) is 0.799. The van der Waals surface area contributed by atoms with E-state index in [2.05, 4.69) is 15.5 Å². The number of sulfonamides is 1. The van der Waals surface area contributed by atoms with Crippen molar-refractivity contribution >= 4 is 21.9 Å². The van der Waals surface area contributed by atoms with Gasteiger partial charge in [-0.1, -0.05) is 42.1 Å². The van der Waals surface area contributed by atoms with Gasteiger partial charge in [-0.05, 0) is 44.7 Å². The number of carbonyl (C=O) groups excluding carboxylic acids is 1. The van der Waals surface area contributed by atoms with Crippen molar-refractivity contribution in [3.63, 3.8) is 0 Å². The van der Waals surface area contributed by atoms with Crippen molar-refractivity contribution in [2.45, 2.75) is 68.7 Å². The lowest BCUT2D eigenvalue weighted by molar-refractivity contribution is -0.119. The van der Waals surface area contributed by atoms with Crippen molar-refractivity contribution in [3.05, 3.63) is 35.7 Å². The first kappa shape index (κ1) is 20.0. The fourth-order valence-corrected chi connectivity index (χ4v) is 5.78. The molecule has 1 N–H and O–H groups in total. The van der Waals surface area contributed by atoms with Gasteiger partial charge in [0, 0.05) is 12.5 Å². The molecule has 0 unspecified atom stereocenters. The lowest BCUT2D eigenvalue weighted by Gasteiger charge is -2.22. The summed E-state index contributed by atoms with van der Waals surface area (Å²) in [6.07, 6.45) is 6.62. The van der Waals surface area contributed by atoms with E-state index in [1.807, 2.05) is 6.92 Å². The predicted octanol–water partition coefficient (Wildman–Crippen LogP) is 3.22. The van der Waals surface area contributed by atoms with Gasteiger partial charge in [0.1, 0.15) is 6.04 Å². The average Bonchev–Trinajstić information content (AvgIpc) is 3.39. The van der Waals surface area contributed by atoms with Crippen molar-refractivity contribution in [1.29, 1.82) is 0 Å². The maximum atomic E-state index is 13.0. The van der Waals surface area contributed by atoms with Crippen LogP contribution in [0.1, 0.15) is 62.3 Å². The van der Waals surface area contributed by atoms with Crippen molar-refractivity contribution in [3.8, 4) is 0 Å².